The Morgan fingerprint density at radius 1 is 1.53 bits per heavy atom. The van der Waals surface area contributed by atoms with E-state index in [0.29, 0.717) is 18.7 Å². The number of rotatable bonds is 4. The van der Waals surface area contributed by atoms with Gasteiger partial charge in [-0.05, 0) is 19.4 Å². The summed E-state index contributed by atoms with van der Waals surface area (Å²) in [6, 6.07) is 5.80. The molecular weight excluding hydrogens is 216 g/mol. The van der Waals surface area contributed by atoms with Crippen LogP contribution < -0.4 is 10.6 Å². The molecule has 1 aliphatic heterocycles. The molecule has 1 fully saturated rings. The number of aryl methyl sites for hydroxylation is 1. The highest BCUT2D eigenvalue weighted by molar-refractivity contribution is 5.78. The molecule has 1 heterocycles. The van der Waals surface area contributed by atoms with E-state index in [1.165, 1.54) is 0 Å². The first kappa shape index (κ1) is 11.9. The highest BCUT2D eigenvalue weighted by Crippen LogP contribution is 2.17. The fourth-order valence-corrected chi connectivity index (χ4v) is 2.07. The second-order valence-corrected chi connectivity index (χ2v) is 4.57. The van der Waals surface area contributed by atoms with Gasteiger partial charge in [0.15, 0.2) is 0 Å². The summed E-state index contributed by atoms with van der Waals surface area (Å²) in [5.41, 5.74) is 2.03. The third-order valence-electron chi connectivity index (χ3n) is 3.03. The Morgan fingerprint density at radius 3 is 3.06 bits per heavy atom. The summed E-state index contributed by atoms with van der Waals surface area (Å²) in [4.78, 5) is 11.0. The summed E-state index contributed by atoms with van der Waals surface area (Å²) in [5, 5.41) is 15.8. The number of benzene rings is 1. The maximum Gasteiger partial charge on any atom is 0.220 e. The summed E-state index contributed by atoms with van der Waals surface area (Å²) in [6.45, 7) is 3.37. The molecule has 0 bridgehead atoms. The summed E-state index contributed by atoms with van der Waals surface area (Å²) >= 11 is 0. The predicted molar refractivity (Wildman–Crippen MR) is 65.7 cm³/mol. The van der Waals surface area contributed by atoms with Crippen molar-refractivity contribution < 1.29 is 9.90 Å². The maximum atomic E-state index is 11.0. The van der Waals surface area contributed by atoms with Gasteiger partial charge >= 0.3 is 0 Å². The monoisotopic (exact) mass is 234 g/mol. The molecule has 0 aromatic heterocycles. The molecule has 1 saturated heterocycles. The first-order valence-corrected chi connectivity index (χ1v) is 5.94. The number of hydrogen-bond donors (Lipinski definition) is 3. The predicted octanol–water partition coefficient (Wildman–Crippen LogP) is 1.07. The van der Waals surface area contributed by atoms with E-state index in [1.54, 1.807) is 6.07 Å². The average Bonchev–Trinajstić information content (AvgIpc) is 2.69. The highest BCUT2D eigenvalue weighted by atomic mass is 16.3. The van der Waals surface area contributed by atoms with Gasteiger partial charge in [0, 0.05) is 31.1 Å². The van der Waals surface area contributed by atoms with Crippen LogP contribution in [0.15, 0.2) is 18.2 Å². The molecule has 1 aromatic rings. The Bertz CT molecular complexity index is 418. The number of hydrogen-bond acceptors (Lipinski definition) is 3. The van der Waals surface area contributed by atoms with Crippen molar-refractivity contribution in [3.8, 4) is 5.75 Å². The Morgan fingerprint density at radius 2 is 2.35 bits per heavy atom. The summed E-state index contributed by atoms with van der Waals surface area (Å²) in [6.07, 6.45) is 1.52. The summed E-state index contributed by atoms with van der Waals surface area (Å²) in [5.74, 6) is 0.453. The number of phenolic OH excluding ortho intramolecular Hbond substituents is 1. The van der Waals surface area contributed by atoms with Gasteiger partial charge in [-0.3, -0.25) is 4.79 Å². The van der Waals surface area contributed by atoms with E-state index >= 15 is 0 Å². The molecule has 1 unspecified atom stereocenters. The first-order chi connectivity index (χ1) is 8.15. The van der Waals surface area contributed by atoms with Crippen LogP contribution in [0.2, 0.25) is 0 Å². The number of amides is 1. The van der Waals surface area contributed by atoms with E-state index in [4.69, 9.17) is 0 Å². The van der Waals surface area contributed by atoms with E-state index in [-0.39, 0.29) is 11.9 Å². The molecule has 1 aromatic carbocycles. The van der Waals surface area contributed by atoms with Gasteiger partial charge in [0.1, 0.15) is 5.75 Å². The van der Waals surface area contributed by atoms with Crippen LogP contribution in [0.5, 0.6) is 5.75 Å². The standard InChI is InChI=1S/C13H18N2O2/c1-9-2-4-12(16)10(6-9)7-14-8-11-3-5-13(17)15-11/h2,4,6,11,14,16H,3,5,7-8H2,1H3,(H,15,17). The van der Waals surface area contributed by atoms with E-state index in [9.17, 15) is 9.90 Å². The zero-order valence-corrected chi connectivity index (χ0v) is 9.99. The molecule has 92 valence electrons. The molecule has 0 spiro atoms. The van der Waals surface area contributed by atoms with Crippen LogP contribution >= 0.6 is 0 Å². The molecule has 1 atom stereocenters. The Kier molecular flexibility index (Phi) is 3.64. The maximum absolute atomic E-state index is 11.0. The van der Waals surface area contributed by atoms with Crippen molar-refractivity contribution in [2.24, 2.45) is 0 Å². The van der Waals surface area contributed by atoms with Crippen molar-refractivity contribution in [3.63, 3.8) is 0 Å². The second-order valence-electron chi connectivity index (χ2n) is 4.57. The molecule has 0 aliphatic carbocycles. The van der Waals surface area contributed by atoms with E-state index < -0.39 is 0 Å². The molecule has 0 saturated carbocycles. The van der Waals surface area contributed by atoms with Crippen molar-refractivity contribution in [2.45, 2.75) is 32.4 Å². The third-order valence-corrected chi connectivity index (χ3v) is 3.03. The summed E-state index contributed by atoms with van der Waals surface area (Å²) < 4.78 is 0. The molecule has 4 nitrogen and oxygen atoms in total. The van der Waals surface area contributed by atoms with Crippen molar-refractivity contribution in [3.05, 3.63) is 29.3 Å². The van der Waals surface area contributed by atoms with Crippen molar-refractivity contribution >= 4 is 5.91 Å². The third kappa shape index (κ3) is 3.20. The van der Waals surface area contributed by atoms with Gasteiger partial charge in [0.25, 0.3) is 0 Å². The van der Waals surface area contributed by atoms with Gasteiger partial charge in [-0.25, -0.2) is 0 Å². The normalized spacial score (nSPS) is 19.4. The minimum Gasteiger partial charge on any atom is -0.508 e. The quantitative estimate of drug-likeness (QED) is 0.730. The highest BCUT2D eigenvalue weighted by Gasteiger charge is 2.19. The molecular formula is C13H18N2O2. The largest absolute Gasteiger partial charge is 0.508 e. The topological polar surface area (TPSA) is 61.4 Å². The van der Waals surface area contributed by atoms with Crippen LogP contribution in [0.1, 0.15) is 24.0 Å². The Hall–Kier alpha value is -1.55. The van der Waals surface area contributed by atoms with Crippen LogP contribution in [0.4, 0.5) is 0 Å². The Balaban J connectivity index is 1.81. The fraction of sp³-hybridized carbons (Fsp3) is 0.462. The van der Waals surface area contributed by atoms with E-state index in [0.717, 1.165) is 24.1 Å². The lowest BCUT2D eigenvalue weighted by Gasteiger charge is -2.12. The van der Waals surface area contributed by atoms with Crippen molar-refractivity contribution in [1.82, 2.24) is 10.6 Å². The first-order valence-electron chi connectivity index (χ1n) is 5.94. The zero-order chi connectivity index (χ0) is 12.3. The van der Waals surface area contributed by atoms with Gasteiger partial charge in [-0.1, -0.05) is 17.7 Å². The molecule has 1 amide bonds. The number of nitrogens with one attached hydrogen (secondary N) is 2. The zero-order valence-electron chi connectivity index (χ0n) is 9.99. The number of aromatic hydroxyl groups is 1. The van der Waals surface area contributed by atoms with E-state index in [2.05, 4.69) is 10.6 Å². The minimum atomic E-state index is 0.134. The molecule has 17 heavy (non-hydrogen) atoms. The van der Waals surface area contributed by atoms with Gasteiger partial charge < -0.3 is 15.7 Å². The molecule has 1 aliphatic rings. The van der Waals surface area contributed by atoms with E-state index in [1.807, 2.05) is 19.1 Å². The number of phenols is 1. The lowest BCUT2D eigenvalue weighted by Crippen LogP contribution is -2.35. The van der Waals surface area contributed by atoms with Crippen LogP contribution in [0.3, 0.4) is 0 Å². The van der Waals surface area contributed by atoms with Gasteiger partial charge in [0.2, 0.25) is 5.91 Å². The van der Waals surface area contributed by atoms with Crippen LogP contribution in [-0.4, -0.2) is 23.6 Å². The lowest BCUT2D eigenvalue weighted by molar-refractivity contribution is -0.119. The molecule has 4 heteroatoms. The SMILES string of the molecule is Cc1ccc(O)c(CNCC2CCC(=O)N2)c1. The van der Waals surface area contributed by atoms with Crippen LogP contribution in [-0.2, 0) is 11.3 Å². The van der Waals surface area contributed by atoms with Crippen LogP contribution in [0, 0.1) is 6.92 Å². The fourth-order valence-electron chi connectivity index (χ4n) is 2.07. The summed E-state index contributed by atoms with van der Waals surface area (Å²) in [7, 11) is 0. The molecule has 0 radical (unpaired) electrons. The average molecular weight is 234 g/mol. The second kappa shape index (κ2) is 5.19. The number of carbonyl (C=O) groups excluding carboxylic acids is 1. The Labute approximate surface area is 101 Å². The van der Waals surface area contributed by atoms with Gasteiger partial charge in [0.05, 0.1) is 0 Å². The lowest BCUT2D eigenvalue weighted by atomic mass is 10.1. The molecule has 2 rings (SSSR count). The number of carbonyl (C=O) groups is 1. The van der Waals surface area contributed by atoms with Gasteiger partial charge in [-0.15, -0.1) is 0 Å². The van der Waals surface area contributed by atoms with Crippen molar-refractivity contribution in [2.75, 3.05) is 6.54 Å². The van der Waals surface area contributed by atoms with Crippen LogP contribution in [0.25, 0.3) is 0 Å². The minimum absolute atomic E-state index is 0.134. The van der Waals surface area contributed by atoms with Crippen molar-refractivity contribution in [1.29, 1.82) is 0 Å². The smallest absolute Gasteiger partial charge is 0.220 e. The molecule has 3 N–H and O–H groups in total. The van der Waals surface area contributed by atoms with Gasteiger partial charge in [-0.2, -0.15) is 0 Å².